The zero-order chi connectivity index (χ0) is 16.9. The number of carbonyl (C=O) groups excluding carboxylic acids is 1. The zero-order valence-corrected chi connectivity index (χ0v) is 13.2. The fraction of sp³-hybridized carbons (Fsp3) is 0.263. The third kappa shape index (κ3) is 3.56. The molecule has 5 heteroatoms. The smallest absolute Gasteiger partial charge is 0.407 e. The summed E-state index contributed by atoms with van der Waals surface area (Å²) in [6.07, 6.45) is 0.754. The van der Waals surface area contributed by atoms with Crippen LogP contribution in [-0.2, 0) is 22.6 Å². The van der Waals surface area contributed by atoms with Crippen LogP contribution in [0.2, 0.25) is 0 Å². The largest absolute Gasteiger partial charge is 0.481 e. The van der Waals surface area contributed by atoms with E-state index in [1.54, 1.807) is 0 Å². The van der Waals surface area contributed by atoms with Gasteiger partial charge in [0.05, 0.1) is 0 Å². The Balaban J connectivity index is 1.58. The number of alkyl carbamates (subject to hydrolysis) is 1. The van der Waals surface area contributed by atoms with Crippen molar-refractivity contribution >= 4 is 12.1 Å². The number of hydrogen-bond acceptors (Lipinski definition) is 3. The highest BCUT2D eigenvalue weighted by molar-refractivity contribution is 5.78. The van der Waals surface area contributed by atoms with Gasteiger partial charge in [-0.15, -0.1) is 0 Å². The van der Waals surface area contributed by atoms with Crippen molar-refractivity contribution in [3.05, 3.63) is 59.2 Å². The van der Waals surface area contributed by atoms with Crippen LogP contribution in [0.25, 0.3) is 11.1 Å². The van der Waals surface area contributed by atoms with Crippen LogP contribution in [0.15, 0.2) is 42.5 Å². The van der Waals surface area contributed by atoms with Gasteiger partial charge in [-0.05, 0) is 40.7 Å². The molecule has 2 aromatic carbocycles. The number of carboxylic acid groups (broad SMARTS) is 1. The number of aliphatic carboxylic acids is 1. The molecule has 0 bridgehead atoms. The SMILES string of the molecule is O=C(O)CCCNC(=O)OCc1cccc2c1Cc1ccccc1-2. The molecule has 0 aliphatic heterocycles. The molecular formula is C19H19NO4. The summed E-state index contributed by atoms with van der Waals surface area (Å²) >= 11 is 0. The van der Waals surface area contributed by atoms with Gasteiger partial charge in [-0.25, -0.2) is 4.79 Å². The Hall–Kier alpha value is -2.82. The lowest BCUT2D eigenvalue weighted by Gasteiger charge is -2.10. The van der Waals surface area contributed by atoms with E-state index in [-0.39, 0.29) is 13.0 Å². The number of amides is 1. The molecule has 0 spiro atoms. The highest BCUT2D eigenvalue weighted by Gasteiger charge is 2.20. The predicted molar refractivity (Wildman–Crippen MR) is 89.7 cm³/mol. The second-order valence-electron chi connectivity index (χ2n) is 5.78. The molecule has 0 aromatic heterocycles. The molecule has 0 fully saturated rings. The van der Waals surface area contributed by atoms with Gasteiger partial charge in [-0.1, -0.05) is 42.5 Å². The summed E-state index contributed by atoms with van der Waals surface area (Å²) in [6.45, 7) is 0.505. The van der Waals surface area contributed by atoms with Crippen LogP contribution in [-0.4, -0.2) is 23.7 Å². The third-order valence-corrected chi connectivity index (χ3v) is 4.14. The minimum atomic E-state index is -0.871. The van der Waals surface area contributed by atoms with Crippen molar-refractivity contribution in [3.8, 4) is 11.1 Å². The molecule has 2 N–H and O–H groups in total. The monoisotopic (exact) mass is 325 g/mol. The molecule has 1 amide bonds. The van der Waals surface area contributed by atoms with E-state index in [1.165, 1.54) is 22.3 Å². The molecule has 0 heterocycles. The average molecular weight is 325 g/mol. The molecule has 3 rings (SSSR count). The van der Waals surface area contributed by atoms with Crippen LogP contribution in [0, 0.1) is 0 Å². The molecule has 0 saturated heterocycles. The normalized spacial score (nSPS) is 11.5. The standard InChI is InChI=1S/C19H19NO4/c21-18(22)9-4-10-20-19(23)24-12-14-6-3-8-16-15-7-2-1-5-13(15)11-17(14)16/h1-3,5-8H,4,9-12H2,(H,20,23)(H,21,22). The summed E-state index contributed by atoms with van der Waals surface area (Å²) in [6, 6.07) is 14.3. The van der Waals surface area contributed by atoms with Gasteiger partial charge in [0, 0.05) is 13.0 Å². The molecule has 1 aliphatic rings. The lowest BCUT2D eigenvalue weighted by Crippen LogP contribution is -2.25. The van der Waals surface area contributed by atoms with Crippen LogP contribution in [0.4, 0.5) is 4.79 Å². The van der Waals surface area contributed by atoms with Gasteiger partial charge >= 0.3 is 12.1 Å². The number of carboxylic acids is 1. The minimum absolute atomic E-state index is 0.0325. The summed E-state index contributed by atoms with van der Waals surface area (Å²) in [5.74, 6) is -0.871. The van der Waals surface area contributed by atoms with Crippen LogP contribution >= 0.6 is 0 Å². The Labute approximate surface area is 140 Å². The van der Waals surface area contributed by atoms with E-state index in [9.17, 15) is 9.59 Å². The van der Waals surface area contributed by atoms with Crippen LogP contribution in [0.1, 0.15) is 29.5 Å². The summed E-state index contributed by atoms with van der Waals surface area (Å²) in [5.41, 5.74) is 5.95. The molecule has 5 nitrogen and oxygen atoms in total. The number of benzene rings is 2. The van der Waals surface area contributed by atoms with Crippen molar-refractivity contribution in [1.82, 2.24) is 5.32 Å². The molecule has 0 atom stereocenters. The Morgan fingerprint density at radius 2 is 1.88 bits per heavy atom. The summed E-state index contributed by atoms with van der Waals surface area (Å²) in [5, 5.41) is 11.1. The van der Waals surface area contributed by atoms with Gasteiger partial charge < -0.3 is 15.2 Å². The lowest BCUT2D eigenvalue weighted by atomic mass is 10.0. The minimum Gasteiger partial charge on any atom is -0.481 e. The predicted octanol–water partition coefficient (Wildman–Crippen LogP) is 3.35. The van der Waals surface area contributed by atoms with Crippen molar-refractivity contribution in [2.75, 3.05) is 6.54 Å². The fourth-order valence-corrected chi connectivity index (χ4v) is 2.98. The second-order valence-corrected chi connectivity index (χ2v) is 5.78. The molecule has 0 radical (unpaired) electrons. The average Bonchev–Trinajstić information content (AvgIpc) is 2.96. The summed E-state index contributed by atoms with van der Waals surface area (Å²) in [4.78, 5) is 22.1. The molecule has 124 valence electrons. The maximum Gasteiger partial charge on any atom is 0.407 e. The van der Waals surface area contributed by atoms with Crippen molar-refractivity contribution in [2.24, 2.45) is 0 Å². The Bertz CT molecular complexity index is 770. The van der Waals surface area contributed by atoms with E-state index in [2.05, 4.69) is 23.5 Å². The Kier molecular flexibility index (Phi) is 4.79. The quantitative estimate of drug-likeness (QED) is 0.682. The van der Waals surface area contributed by atoms with Gasteiger partial charge in [0.2, 0.25) is 0 Å². The van der Waals surface area contributed by atoms with Crippen molar-refractivity contribution in [2.45, 2.75) is 25.9 Å². The topological polar surface area (TPSA) is 75.6 Å². The van der Waals surface area contributed by atoms with Crippen molar-refractivity contribution in [1.29, 1.82) is 0 Å². The van der Waals surface area contributed by atoms with E-state index in [1.807, 2.05) is 24.3 Å². The molecule has 24 heavy (non-hydrogen) atoms. The maximum atomic E-state index is 11.7. The first-order valence-electron chi connectivity index (χ1n) is 7.96. The number of carbonyl (C=O) groups is 2. The van der Waals surface area contributed by atoms with Crippen LogP contribution < -0.4 is 5.32 Å². The van der Waals surface area contributed by atoms with E-state index in [4.69, 9.17) is 9.84 Å². The second kappa shape index (κ2) is 7.17. The maximum absolute atomic E-state index is 11.7. The number of hydrogen-bond donors (Lipinski definition) is 2. The first-order chi connectivity index (χ1) is 11.6. The first-order valence-corrected chi connectivity index (χ1v) is 7.96. The molecule has 0 unspecified atom stereocenters. The molecule has 1 aliphatic carbocycles. The van der Waals surface area contributed by atoms with Gasteiger partial charge in [-0.2, -0.15) is 0 Å². The molecular weight excluding hydrogens is 306 g/mol. The number of fused-ring (bicyclic) bond motifs is 3. The van der Waals surface area contributed by atoms with E-state index < -0.39 is 12.1 Å². The van der Waals surface area contributed by atoms with Gasteiger partial charge in [0.1, 0.15) is 6.61 Å². The summed E-state index contributed by atoms with van der Waals surface area (Å²) in [7, 11) is 0. The number of rotatable bonds is 6. The van der Waals surface area contributed by atoms with Gasteiger partial charge in [0.25, 0.3) is 0 Å². The van der Waals surface area contributed by atoms with E-state index >= 15 is 0 Å². The molecule has 2 aromatic rings. The highest BCUT2D eigenvalue weighted by atomic mass is 16.5. The first kappa shape index (κ1) is 16.1. The van der Waals surface area contributed by atoms with Gasteiger partial charge in [-0.3, -0.25) is 4.79 Å². The number of ether oxygens (including phenoxy) is 1. The zero-order valence-electron chi connectivity index (χ0n) is 13.2. The highest BCUT2D eigenvalue weighted by Crippen LogP contribution is 2.38. The fourth-order valence-electron chi connectivity index (χ4n) is 2.98. The Morgan fingerprint density at radius 3 is 2.71 bits per heavy atom. The third-order valence-electron chi connectivity index (χ3n) is 4.14. The van der Waals surface area contributed by atoms with E-state index in [0.717, 1.165) is 12.0 Å². The van der Waals surface area contributed by atoms with Crippen molar-refractivity contribution in [3.63, 3.8) is 0 Å². The Morgan fingerprint density at radius 1 is 1.08 bits per heavy atom. The van der Waals surface area contributed by atoms with Crippen LogP contribution in [0.5, 0.6) is 0 Å². The van der Waals surface area contributed by atoms with Crippen molar-refractivity contribution < 1.29 is 19.4 Å². The molecule has 0 saturated carbocycles. The van der Waals surface area contributed by atoms with Gasteiger partial charge in [0.15, 0.2) is 0 Å². The van der Waals surface area contributed by atoms with E-state index in [0.29, 0.717) is 13.0 Å². The number of nitrogens with one attached hydrogen (secondary N) is 1. The summed E-state index contributed by atoms with van der Waals surface area (Å²) < 4.78 is 5.26. The lowest BCUT2D eigenvalue weighted by molar-refractivity contribution is -0.137. The van der Waals surface area contributed by atoms with Crippen LogP contribution in [0.3, 0.4) is 0 Å².